The van der Waals surface area contributed by atoms with Crippen LogP contribution in [-0.4, -0.2) is 24.0 Å². The van der Waals surface area contributed by atoms with Crippen LogP contribution in [0.4, 0.5) is 5.13 Å². The molecule has 0 bridgehead atoms. The quantitative estimate of drug-likeness (QED) is 0.672. The van der Waals surface area contributed by atoms with Crippen LogP contribution in [0.5, 0.6) is 5.75 Å². The second-order valence-corrected chi connectivity index (χ2v) is 6.89. The van der Waals surface area contributed by atoms with Crippen molar-refractivity contribution in [1.82, 2.24) is 15.8 Å². The predicted octanol–water partition coefficient (Wildman–Crippen LogP) is 2.85. The third-order valence-electron chi connectivity index (χ3n) is 4.25. The first kappa shape index (κ1) is 16.0. The second-order valence-electron chi connectivity index (χ2n) is 5.86. The Labute approximate surface area is 149 Å². The lowest BCUT2D eigenvalue weighted by Gasteiger charge is -2.09. The van der Waals surface area contributed by atoms with Gasteiger partial charge in [-0.1, -0.05) is 47.7 Å². The van der Waals surface area contributed by atoms with Gasteiger partial charge in [-0.15, -0.1) is 0 Å². The molecular formula is C18H18N4O2S. The zero-order valence-electron chi connectivity index (χ0n) is 13.7. The highest BCUT2D eigenvalue weighted by molar-refractivity contribution is 7.22. The number of nitrogens with zero attached hydrogens (tertiary/aromatic N) is 1. The summed E-state index contributed by atoms with van der Waals surface area (Å²) in [6, 6.07) is 15.6. The van der Waals surface area contributed by atoms with Gasteiger partial charge in [-0.05, 0) is 24.1 Å². The van der Waals surface area contributed by atoms with Crippen molar-refractivity contribution in [3.8, 4) is 5.75 Å². The molecule has 1 fully saturated rings. The number of carbonyl (C=O) groups is 1. The molecule has 2 unspecified atom stereocenters. The average Bonchev–Trinajstić information content (AvgIpc) is 3.29. The smallest absolute Gasteiger partial charge is 0.244 e. The van der Waals surface area contributed by atoms with Crippen LogP contribution in [0.3, 0.4) is 0 Å². The van der Waals surface area contributed by atoms with Crippen LogP contribution >= 0.6 is 11.3 Å². The number of hydrogen-bond acceptors (Lipinski definition) is 6. The van der Waals surface area contributed by atoms with Crippen LogP contribution in [0.2, 0.25) is 0 Å². The van der Waals surface area contributed by atoms with Crippen LogP contribution < -0.4 is 20.9 Å². The van der Waals surface area contributed by atoms with E-state index in [1.165, 1.54) is 11.3 Å². The first-order valence-corrected chi connectivity index (χ1v) is 8.86. The number of nitrogens with one attached hydrogen (secondary N) is 3. The number of para-hydroxylation sites is 1. The van der Waals surface area contributed by atoms with Crippen molar-refractivity contribution < 1.29 is 9.53 Å². The number of methoxy groups -OCH3 is 1. The Balaban J connectivity index is 1.46. The molecule has 2 aromatic carbocycles. The fraction of sp³-hybridized carbons (Fsp3) is 0.222. The van der Waals surface area contributed by atoms with Gasteiger partial charge in [0.2, 0.25) is 5.91 Å². The minimum Gasteiger partial charge on any atom is -0.494 e. The van der Waals surface area contributed by atoms with Crippen molar-refractivity contribution in [2.45, 2.75) is 18.5 Å². The molecule has 128 valence electrons. The Hall–Kier alpha value is -2.48. The highest BCUT2D eigenvalue weighted by Crippen LogP contribution is 2.32. The number of aromatic nitrogens is 1. The number of fused-ring (bicyclic) bond motifs is 1. The second kappa shape index (κ2) is 6.79. The third-order valence-corrected chi connectivity index (χ3v) is 5.19. The zero-order valence-corrected chi connectivity index (χ0v) is 14.5. The van der Waals surface area contributed by atoms with E-state index in [0.717, 1.165) is 15.8 Å². The molecule has 2 heterocycles. The Morgan fingerprint density at radius 1 is 1.20 bits per heavy atom. The molecule has 0 aliphatic carbocycles. The number of amides is 1. The van der Waals surface area contributed by atoms with Crippen LogP contribution in [-0.2, 0) is 4.79 Å². The summed E-state index contributed by atoms with van der Waals surface area (Å²) in [7, 11) is 1.62. The molecule has 2 atom stereocenters. The van der Waals surface area contributed by atoms with Gasteiger partial charge in [-0.3, -0.25) is 4.79 Å². The van der Waals surface area contributed by atoms with Gasteiger partial charge in [0, 0.05) is 6.04 Å². The van der Waals surface area contributed by atoms with Crippen LogP contribution in [0, 0.1) is 0 Å². The summed E-state index contributed by atoms with van der Waals surface area (Å²) in [6.07, 6.45) is 0.685. The van der Waals surface area contributed by atoms with Crippen molar-refractivity contribution in [2.75, 3.05) is 12.4 Å². The Morgan fingerprint density at radius 2 is 2.04 bits per heavy atom. The summed E-state index contributed by atoms with van der Waals surface area (Å²) in [5.74, 6) is 0.614. The molecule has 1 aliphatic rings. The van der Waals surface area contributed by atoms with Crippen molar-refractivity contribution in [3.63, 3.8) is 0 Å². The van der Waals surface area contributed by atoms with Crippen LogP contribution in [0.15, 0.2) is 48.5 Å². The molecule has 0 spiro atoms. The topological polar surface area (TPSA) is 75.3 Å². The zero-order chi connectivity index (χ0) is 17.2. The predicted molar refractivity (Wildman–Crippen MR) is 98.7 cm³/mol. The van der Waals surface area contributed by atoms with Crippen molar-refractivity contribution in [1.29, 1.82) is 0 Å². The minimum absolute atomic E-state index is 0.0936. The number of anilines is 1. The molecule has 1 aliphatic heterocycles. The summed E-state index contributed by atoms with van der Waals surface area (Å²) in [6.45, 7) is 0. The van der Waals surface area contributed by atoms with E-state index in [-0.39, 0.29) is 18.0 Å². The van der Waals surface area contributed by atoms with Gasteiger partial charge < -0.3 is 10.1 Å². The lowest BCUT2D eigenvalue weighted by Crippen LogP contribution is -2.39. The third kappa shape index (κ3) is 3.21. The summed E-state index contributed by atoms with van der Waals surface area (Å²) in [5, 5.41) is 3.49. The maximum atomic E-state index is 12.5. The maximum Gasteiger partial charge on any atom is 0.244 e. The molecule has 1 amide bonds. The van der Waals surface area contributed by atoms with Gasteiger partial charge in [-0.2, -0.15) is 0 Å². The molecule has 0 saturated carbocycles. The Bertz CT molecular complexity index is 896. The van der Waals surface area contributed by atoms with Crippen LogP contribution in [0.25, 0.3) is 10.2 Å². The van der Waals surface area contributed by atoms with Gasteiger partial charge in [0.15, 0.2) is 5.13 Å². The van der Waals surface area contributed by atoms with Gasteiger partial charge in [0.25, 0.3) is 0 Å². The molecule has 1 saturated heterocycles. The first-order chi connectivity index (χ1) is 12.2. The van der Waals surface area contributed by atoms with Gasteiger partial charge >= 0.3 is 0 Å². The summed E-state index contributed by atoms with van der Waals surface area (Å²) >= 11 is 1.44. The fourth-order valence-corrected chi connectivity index (χ4v) is 3.85. The molecular weight excluding hydrogens is 336 g/mol. The monoisotopic (exact) mass is 354 g/mol. The van der Waals surface area contributed by atoms with E-state index in [9.17, 15) is 4.79 Å². The molecule has 3 aromatic rings. The van der Waals surface area contributed by atoms with E-state index in [1.807, 2.05) is 36.4 Å². The van der Waals surface area contributed by atoms with E-state index in [2.05, 4.69) is 33.3 Å². The minimum atomic E-state index is -0.306. The van der Waals surface area contributed by atoms with E-state index in [4.69, 9.17) is 4.74 Å². The number of ether oxygens (including phenoxy) is 1. The molecule has 1 aromatic heterocycles. The standard InChI is InChI=1S/C18H18N4O2S/c1-24-14-8-5-9-15-16(14)19-18(25-15)20-17(23)13-10-12(21-22-13)11-6-3-2-4-7-11/h2-9,12-13,21-22H,10H2,1H3,(H,19,20,23). The highest BCUT2D eigenvalue weighted by atomic mass is 32.1. The molecule has 4 rings (SSSR count). The number of rotatable bonds is 4. The van der Waals surface area contributed by atoms with E-state index in [0.29, 0.717) is 17.3 Å². The molecule has 7 heteroatoms. The number of thiazole rings is 1. The Kier molecular flexibility index (Phi) is 4.35. The number of carbonyl (C=O) groups excluding carboxylic acids is 1. The largest absolute Gasteiger partial charge is 0.494 e. The normalized spacial score (nSPS) is 19.9. The first-order valence-electron chi connectivity index (χ1n) is 8.05. The van der Waals surface area contributed by atoms with Crippen LogP contribution in [0.1, 0.15) is 18.0 Å². The maximum absolute atomic E-state index is 12.5. The summed E-state index contributed by atoms with van der Waals surface area (Å²) < 4.78 is 6.30. The molecule has 3 N–H and O–H groups in total. The van der Waals surface area contributed by atoms with Crippen molar-refractivity contribution >= 4 is 32.6 Å². The number of benzene rings is 2. The van der Waals surface area contributed by atoms with Crippen molar-refractivity contribution in [3.05, 3.63) is 54.1 Å². The molecule has 6 nitrogen and oxygen atoms in total. The van der Waals surface area contributed by atoms with Gasteiger partial charge in [0.1, 0.15) is 17.3 Å². The Morgan fingerprint density at radius 3 is 2.84 bits per heavy atom. The lowest BCUT2D eigenvalue weighted by molar-refractivity contribution is -0.117. The van der Waals surface area contributed by atoms with E-state index >= 15 is 0 Å². The van der Waals surface area contributed by atoms with E-state index in [1.54, 1.807) is 7.11 Å². The number of hydrazine groups is 1. The average molecular weight is 354 g/mol. The van der Waals surface area contributed by atoms with Gasteiger partial charge in [-0.25, -0.2) is 15.8 Å². The SMILES string of the molecule is COc1cccc2sc(NC(=O)C3CC(c4ccccc4)NN3)nc12. The fourth-order valence-electron chi connectivity index (χ4n) is 2.97. The summed E-state index contributed by atoms with van der Waals surface area (Å²) in [4.78, 5) is 17.0. The lowest BCUT2D eigenvalue weighted by atomic mass is 10.0. The number of hydrogen-bond donors (Lipinski definition) is 3. The van der Waals surface area contributed by atoms with E-state index < -0.39 is 0 Å². The van der Waals surface area contributed by atoms with Gasteiger partial charge in [0.05, 0.1) is 11.8 Å². The molecule has 25 heavy (non-hydrogen) atoms. The highest BCUT2D eigenvalue weighted by Gasteiger charge is 2.30. The van der Waals surface area contributed by atoms with Crippen molar-refractivity contribution in [2.24, 2.45) is 0 Å². The summed E-state index contributed by atoms with van der Waals surface area (Å²) in [5.41, 5.74) is 8.19. The molecule has 0 radical (unpaired) electrons.